The van der Waals surface area contributed by atoms with Crippen LogP contribution in [-0.4, -0.2) is 29.1 Å². The number of hydrogen-bond acceptors (Lipinski definition) is 3. The summed E-state index contributed by atoms with van der Waals surface area (Å²) in [6.45, 7) is 6.67. The van der Waals surface area contributed by atoms with Crippen molar-refractivity contribution in [2.45, 2.75) is 78.0 Å². The van der Waals surface area contributed by atoms with Crippen LogP contribution in [0, 0.1) is 40.8 Å². The zero-order chi connectivity index (χ0) is 23.0. The second-order valence-corrected chi connectivity index (χ2v) is 10.8. The summed E-state index contributed by atoms with van der Waals surface area (Å²) in [5.41, 5.74) is 0.888. The van der Waals surface area contributed by atoms with E-state index in [4.69, 9.17) is 0 Å². The summed E-state index contributed by atoms with van der Waals surface area (Å²) in [6.07, 6.45) is 5.17. The normalized spacial score (nSPS) is 35.5. The summed E-state index contributed by atoms with van der Waals surface area (Å²) in [5, 5.41) is 17.7. The number of benzene rings is 1. The van der Waals surface area contributed by atoms with Crippen molar-refractivity contribution in [3.8, 4) is 0 Å². The number of hydrogen-bond donors (Lipinski definition) is 3. The molecule has 3 saturated carbocycles. The van der Waals surface area contributed by atoms with Gasteiger partial charge in [0.15, 0.2) is 0 Å². The second kappa shape index (κ2) is 9.12. The lowest BCUT2D eigenvalue weighted by atomic mass is 9.51. The molecule has 6 heteroatoms. The number of halogens is 1. The van der Waals surface area contributed by atoms with E-state index in [1.165, 1.54) is 12.1 Å². The number of carbonyl (C=O) groups is 2. The van der Waals surface area contributed by atoms with Gasteiger partial charge in [-0.15, -0.1) is 0 Å². The van der Waals surface area contributed by atoms with Crippen LogP contribution in [0.1, 0.15) is 64.9 Å². The van der Waals surface area contributed by atoms with E-state index in [9.17, 15) is 19.1 Å². The Labute approximate surface area is 190 Å². The van der Waals surface area contributed by atoms with Crippen LogP contribution in [0.4, 0.5) is 4.39 Å². The van der Waals surface area contributed by atoms with Gasteiger partial charge in [-0.3, -0.25) is 9.59 Å². The third kappa shape index (κ3) is 4.70. The molecule has 7 atom stereocenters. The lowest BCUT2D eigenvalue weighted by Gasteiger charge is -2.56. The van der Waals surface area contributed by atoms with Gasteiger partial charge in [-0.2, -0.15) is 0 Å². The molecular formula is C26H37FN2O3. The first-order chi connectivity index (χ1) is 15.2. The molecule has 0 radical (unpaired) electrons. The molecule has 176 valence electrons. The maximum atomic E-state index is 13.1. The van der Waals surface area contributed by atoms with Crippen molar-refractivity contribution in [3.05, 3.63) is 35.6 Å². The van der Waals surface area contributed by atoms with Gasteiger partial charge in [0.1, 0.15) is 5.82 Å². The second-order valence-electron chi connectivity index (χ2n) is 10.8. The fourth-order valence-corrected chi connectivity index (χ4v) is 6.29. The molecule has 32 heavy (non-hydrogen) atoms. The maximum absolute atomic E-state index is 13.1. The van der Waals surface area contributed by atoms with E-state index in [1.54, 1.807) is 12.1 Å². The van der Waals surface area contributed by atoms with E-state index in [1.807, 2.05) is 6.92 Å². The van der Waals surface area contributed by atoms with E-state index in [0.29, 0.717) is 6.54 Å². The molecule has 0 saturated heterocycles. The Bertz CT molecular complexity index is 840. The van der Waals surface area contributed by atoms with Crippen molar-refractivity contribution in [2.24, 2.45) is 35.0 Å². The fourth-order valence-electron chi connectivity index (χ4n) is 6.29. The molecule has 0 unspecified atom stereocenters. The van der Waals surface area contributed by atoms with Gasteiger partial charge in [0.25, 0.3) is 0 Å². The van der Waals surface area contributed by atoms with Gasteiger partial charge in [0.05, 0.1) is 6.10 Å². The first-order valence-corrected chi connectivity index (χ1v) is 12.2. The summed E-state index contributed by atoms with van der Waals surface area (Å²) in [7, 11) is 0. The minimum Gasteiger partial charge on any atom is -0.392 e. The smallest absolute Gasteiger partial charge is 0.223 e. The lowest BCUT2D eigenvalue weighted by molar-refractivity contribution is -0.144. The Morgan fingerprint density at radius 3 is 2.47 bits per heavy atom. The van der Waals surface area contributed by atoms with Gasteiger partial charge in [-0.25, -0.2) is 4.39 Å². The predicted octanol–water partition coefficient (Wildman–Crippen LogP) is 3.80. The maximum Gasteiger partial charge on any atom is 0.223 e. The highest BCUT2D eigenvalue weighted by Crippen LogP contribution is 2.55. The summed E-state index contributed by atoms with van der Waals surface area (Å²) in [6, 6.07) is 6.21. The molecule has 1 aromatic rings. The fraction of sp³-hybridized carbons (Fsp3) is 0.692. The largest absolute Gasteiger partial charge is 0.392 e. The van der Waals surface area contributed by atoms with Gasteiger partial charge in [-0.1, -0.05) is 32.9 Å². The molecule has 5 nitrogen and oxygen atoms in total. The van der Waals surface area contributed by atoms with Gasteiger partial charge in [-0.05, 0) is 79.4 Å². The van der Waals surface area contributed by atoms with Crippen molar-refractivity contribution >= 4 is 11.8 Å². The van der Waals surface area contributed by atoms with Crippen molar-refractivity contribution in [1.82, 2.24) is 10.6 Å². The third-order valence-corrected chi connectivity index (χ3v) is 8.60. The minimum absolute atomic E-state index is 0.0421. The van der Waals surface area contributed by atoms with Gasteiger partial charge >= 0.3 is 0 Å². The number of aliphatic hydroxyl groups excluding tert-OH is 1. The molecule has 3 aliphatic rings. The quantitative estimate of drug-likeness (QED) is 0.625. The van der Waals surface area contributed by atoms with Crippen molar-refractivity contribution in [1.29, 1.82) is 0 Å². The number of amides is 2. The molecule has 0 heterocycles. The monoisotopic (exact) mass is 444 g/mol. The first kappa shape index (κ1) is 23.2. The molecule has 4 rings (SSSR count). The van der Waals surface area contributed by atoms with Crippen LogP contribution >= 0.6 is 0 Å². The van der Waals surface area contributed by atoms with Crippen LogP contribution in [0.25, 0.3) is 0 Å². The molecule has 3 aliphatic carbocycles. The molecule has 2 amide bonds. The SMILES string of the molecule is C[C@@H]1[C@@H]2[C@@H](O)[C@@H]([C@H](C)C(=O)NCc3ccc(F)cc3)CC[C@]2(C)CC[C@@H]1NC(=O)C1CC1. The van der Waals surface area contributed by atoms with Crippen LogP contribution in [0.5, 0.6) is 0 Å². The predicted molar refractivity (Wildman–Crippen MR) is 121 cm³/mol. The number of aliphatic hydroxyl groups is 1. The number of nitrogens with one attached hydrogen (secondary N) is 2. The topological polar surface area (TPSA) is 78.4 Å². The average Bonchev–Trinajstić information content (AvgIpc) is 3.60. The van der Waals surface area contributed by atoms with Crippen LogP contribution in [0.2, 0.25) is 0 Å². The Morgan fingerprint density at radius 1 is 1.16 bits per heavy atom. The highest BCUT2D eigenvalue weighted by Gasteiger charge is 2.54. The zero-order valence-corrected chi connectivity index (χ0v) is 19.4. The zero-order valence-electron chi connectivity index (χ0n) is 19.4. The minimum atomic E-state index is -0.573. The Kier molecular flexibility index (Phi) is 6.62. The van der Waals surface area contributed by atoms with Crippen LogP contribution in [0.15, 0.2) is 24.3 Å². The summed E-state index contributed by atoms with van der Waals surface area (Å²) < 4.78 is 13.1. The first-order valence-electron chi connectivity index (χ1n) is 12.2. The highest BCUT2D eigenvalue weighted by molar-refractivity contribution is 5.81. The van der Waals surface area contributed by atoms with E-state index in [-0.39, 0.29) is 58.7 Å². The van der Waals surface area contributed by atoms with Crippen molar-refractivity contribution in [3.63, 3.8) is 0 Å². The van der Waals surface area contributed by atoms with Crippen LogP contribution in [-0.2, 0) is 16.1 Å². The number of rotatable bonds is 6. The van der Waals surface area contributed by atoms with E-state index >= 15 is 0 Å². The molecule has 3 fully saturated rings. The van der Waals surface area contributed by atoms with Crippen molar-refractivity contribution < 1.29 is 19.1 Å². The summed E-state index contributed by atoms with van der Waals surface area (Å²) >= 11 is 0. The summed E-state index contributed by atoms with van der Waals surface area (Å²) in [5.74, 6) is -0.217. The van der Waals surface area contributed by atoms with Gasteiger partial charge in [0, 0.05) is 24.4 Å². The lowest BCUT2D eigenvalue weighted by Crippen LogP contribution is -2.58. The molecule has 3 N–H and O–H groups in total. The van der Waals surface area contributed by atoms with Gasteiger partial charge in [0.2, 0.25) is 11.8 Å². The Hall–Kier alpha value is -1.95. The number of carbonyl (C=O) groups excluding carboxylic acids is 2. The molecule has 0 aromatic heterocycles. The van der Waals surface area contributed by atoms with Crippen LogP contribution in [0.3, 0.4) is 0 Å². The van der Waals surface area contributed by atoms with E-state index in [2.05, 4.69) is 24.5 Å². The Balaban J connectivity index is 1.40. The van der Waals surface area contributed by atoms with Crippen LogP contribution < -0.4 is 10.6 Å². The standard InChI is InChI=1S/C26H37FN2O3/c1-15(24(31)28-14-17-4-8-19(27)9-5-17)20-10-12-26(3)13-11-21(16(2)22(26)23(20)30)29-25(32)18-6-7-18/h4-5,8-9,15-16,18,20-23,30H,6-7,10-14H2,1-3H3,(H,28,31)(H,29,32)/t15-,16-,20+,21-,22+,23-,26+/m0/s1. The molecule has 0 bridgehead atoms. The molecular weight excluding hydrogens is 407 g/mol. The molecule has 1 aromatic carbocycles. The third-order valence-electron chi connectivity index (χ3n) is 8.60. The Morgan fingerprint density at radius 2 is 1.81 bits per heavy atom. The van der Waals surface area contributed by atoms with Crippen molar-refractivity contribution in [2.75, 3.05) is 0 Å². The van der Waals surface area contributed by atoms with E-state index in [0.717, 1.165) is 44.1 Å². The summed E-state index contributed by atoms with van der Waals surface area (Å²) in [4.78, 5) is 25.3. The number of fused-ring (bicyclic) bond motifs is 1. The molecule has 0 spiro atoms. The average molecular weight is 445 g/mol. The molecule has 0 aliphatic heterocycles. The van der Waals surface area contributed by atoms with E-state index < -0.39 is 6.10 Å². The highest BCUT2D eigenvalue weighted by atomic mass is 19.1. The van der Waals surface area contributed by atoms with Gasteiger partial charge < -0.3 is 15.7 Å².